The minimum atomic E-state index is -0.644. The van der Waals surface area contributed by atoms with Crippen molar-refractivity contribution in [3.05, 3.63) is 0 Å². The summed E-state index contributed by atoms with van der Waals surface area (Å²) in [5.41, 5.74) is -0.267. The van der Waals surface area contributed by atoms with Gasteiger partial charge in [0.15, 0.2) is 0 Å². The highest BCUT2D eigenvalue weighted by Crippen LogP contribution is 2.64. The molecule has 3 aliphatic carbocycles. The van der Waals surface area contributed by atoms with Crippen molar-refractivity contribution in [2.75, 3.05) is 14.2 Å². The average molecular weight is 461 g/mol. The fourth-order valence-electron chi connectivity index (χ4n) is 8.46. The van der Waals surface area contributed by atoms with Gasteiger partial charge in [0.1, 0.15) is 0 Å². The zero-order valence-electron chi connectivity index (χ0n) is 21.5. The number of methoxy groups -OCH3 is 1. The van der Waals surface area contributed by atoms with Gasteiger partial charge in [-0.05, 0) is 93.8 Å². The summed E-state index contributed by atoms with van der Waals surface area (Å²) in [5, 5.41) is 3.38. The van der Waals surface area contributed by atoms with E-state index >= 15 is 0 Å². The third-order valence-corrected chi connectivity index (χ3v) is 10.6. The first-order valence-corrected chi connectivity index (χ1v) is 13.1. The van der Waals surface area contributed by atoms with Crippen LogP contribution in [0.3, 0.4) is 0 Å². The van der Waals surface area contributed by atoms with E-state index in [0.29, 0.717) is 49.0 Å². The summed E-state index contributed by atoms with van der Waals surface area (Å²) in [6.07, 6.45) is 9.48. The predicted molar refractivity (Wildman–Crippen MR) is 127 cm³/mol. The molecule has 4 aliphatic rings. The Morgan fingerprint density at radius 2 is 1.76 bits per heavy atom. The summed E-state index contributed by atoms with van der Waals surface area (Å²) in [6.45, 7) is 8.55. The standard InChI is InChI=1S/C27H44N2O4/c1-25(2,24(32)33-6)14-12-22(30)28-20-9-8-18-17-7-10-21-27(4,16-13-23(31)29(21)5)19(17)11-15-26(18,20)3/h17-21H,7-16H2,1-6H3,(H,28,30)/t17-,18-,19-,20?,21+,26-,27+/m0/s1. The van der Waals surface area contributed by atoms with Crippen molar-refractivity contribution in [2.24, 2.45) is 34.0 Å². The molecule has 0 aromatic heterocycles. The first kappa shape index (κ1) is 24.5. The molecule has 7 atom stereocenters. The quantitative estimate of drug-likeness (QED) is 0.620. The van der Waals surface area contributed by atoms with Gasteiger partial charge in [-0.1, -0.05) is 13.8 Å². The molecule has 3 saturated carbocycles. The lowest BCUT2D eigenvalue weighted by molar-refractivity contribution is -0.157. The number of hydrogen-bond acceptors (Lipinski definition) is 4. The molecule has 0 spiro atoms. The molecule has 1 saturated heterocycles. The number of likely N-dealkylation sites (tertiary alicyclic amines) is 1. The number of rotatable bonds is 5. The van der Waals surface area contributed by atoms with Crippen molar-refractivity contribution in [3.8, 4) is 0 Å². The molecule has 1 N–H and O–H groups in total. The molecule has 0 radical (unpaired) electrons. The van der Waals surface area contributed by atoms with Crippen molar-refractivity contribution >= 4 is 17.8 Å². The van der Waals surface area contributed by atoms with Crippen molar-refractivity contribution < 1.29 is 19.1 Å². The molecular formula is C27H44N2O4. The van der Waals surface area contributed by atoms with E-state index in [1.165, 1.54) is 26.4 Å². The maximum atomic E-state index is 12.9. The number of fused-ring (bicyclic) bond motifs is 5. The van der Waals surface area contributed by atoms with Crippen LogP contribution in [0, 0.1) is 34.0 Å². The summed E-state index contributed by atoms with van der Waals surface area (Å²) in [5.74, 6) is 2.14. The number of piperidine rings is 1. The molecule has 1 aliphatic heterocycles. The number of carbonyl (C=O) groups excluding carboxylic acids is 3. The van der Waals surface area contributed by atoms with Crippen molar-refractivity contribution in [3.63, 3.8) is 0 Å². The number of carbonyl (C=O) groups is 3. The van der Waals surface area contributed by atoms with E-state index in [1.54, 1.807) is 0 Å². The summed E-state index contributed by atoms with van der Waals surface area (Å²) in [7, 11) is 3.41. The SMILES string of the molecule is COC(=O)C(C)(C)CCC(=O)NC1CC[C@H]2[C@@H]3CC[C@H]4N(C)C(=O)CC[C@]4(C)[C@H]3CC[C@]12C. The molecule has 1 unspecified atom stereocenters. The molecule has 0 bridgehead atoms. The molecule has 4 fully saturated rings. The van der Waals surface area contributed by atoms with Crippen LogP contribution in [0.25, 0.3) is 0 Å². The largest absolute Gasteiger partial charge is 0.469 e. The normalized spacial score (nSPS) is 40.5. The second-order valence-corrected chi connectivity index (χ2v) is 12.6. The molecule has 186 valence electrons. The van der Waals surface area contributed by atoms with E-state index < -0.39 is 5.41 Å². The second-order valence-electron chi connectivity index (χ2n) is 12.6. The van der Waals surface area contributed by atoms with Gasteiger partial charge >= 0.3 is 5.97 Å². The van der Waals surface area contributed by atoms with Gasteiger partial charge in [0.25, 0.3) is 0 Å². The Bertz CT molecular complexity index is 810. The zero-order valence-corrected chi connectivity index (χ0v) is 21.5. The lowest BCUT2D eigenvalue weighted by atomic mass is 9.47. The number of nitrogens with one attached hydrogen (secondary N) is 1. The number of esters is 1. The molecular weight excluding hydrogens is 416 g/mol. The van der Waals surface area contributed by atoms with Crippen molar-refractivity contribution in [1.29, 1.82) is 0 Å². The van der Waals surface area contributed by atoms with E-state index in [0.717, 1.165) is 25.7 Å². The lowest BCUT2D eigenvalue weighted by Gasteiger charge is -2.61. The van der Waals surface area contributed by atoms with Crippen molar-refractivity contribution in [1.82, 2.24) is 10.2 Å². The van der Waals surface area contributed by atoms with Crippen LogP contribution in [0.2, 0.25) is 0 Å². The average Bonchev–Trinajstić information content (AvgIpc) is 3.10. The van der Waals surface area contributed by atoms with Crippen LogP contribution in [0.15, 0.2) is 0 Å². The van der Waals surface area contributed by atoms with Gasteiger partial charge in [-0.25, -0.2) is 0 Å². The topological polar surface area (TPSA) is 75.7 Å². The molecule has 33 heavy (non-hydrogen) atoms. The fraction of sp³-hybridized carbons (Fsp3) is 0.889. The monoisotopic (exact) mass is 460 g/mol. The van der Waals surface area contributed by atoms with Crippen LogP contribution in [0.1, 0.15) is 91.9 Å². The van der Waals surface area contributed by atoms with Gasteiger partial charge in [0.2, 0.25) is 11.8 Å². The van der Waals surface area contributed by atoms with Gasteiger partial charge in [0, 0.05) is 32.0 Å². The number of ether oxygens (including phenoxy) is 1. The lowest BCUT2D eigenvalue weighted by Crippen LogP contribution is -2.62. The Kier molecular flexibility index (Phi) is 6.37. The Morgan fingerprint density at radius 1 is 1.06 bits per heavy atom. The molecule has 0 aromatic rings. The van der Waals surface area contributed by atoms with Gasteiger partial charge in [-0.2, -0.15) is 0 Å². The van der Waals surface area contributed by atoms with Crippen LogP contribution in [0.5, 0.6) is 0 Å². The molecule has 0 aromatic carbocycles. The minimum Gasteiger partial charge on any atom is -0.469 e. The van der Waals surface area contributed by atoms with Crippen LogP contribution in [-0.4, -0.2) is 48.9 Å². The summed E-state index contributed by atoms with van der Waals surface area (Å²) >= 11 is 0. The highest BCUT2D eigenvalue weighted by atomic mass is 16.5. The van der Waals surface area contributed by atoms with Gasteiger partial charge in [-0.15, -0.1) is 0 Å². The second kappa shape index (κ2) is 8.57. The third-order valence-electron chi connectivity index (χ3n) is 10.6. The van der Waals surface area contributed by atoms with E-state index in [4.69, 9.17) is 4.74 Å². The Morgan fingerprint density at radius 3 is 2.45 bits per heavy atom. The smallest absolute Gasteiger partial charge is 0.311 e. The first-order chi connectivity index (χ1) is 15.4. The van der Waals surface area contributed by atoms with Gasteiger partial charge in [-0.3, -0.25) is 14.4 Å². The van der Waals surface area contributed by atoms with E-state index in [-0.39, 0.29) is 28.7 Å². The minimum absolute atomic E-state index is 0.0593. The van der Waals surface area contributed by atoms with Gasteiger partial charge < -0.3 is 15.0 Å². The number of hydrogen-bond donors (Lipinski definition) is 1. The van der Waals surface area contributed by atoms with Crippen LogP contribution in [-0.2, 0) is 19.1 Å². The van der Waals surface area contributed by atoms with Gasteiger partial charge in [0.05, 0.1) is 12.5 Å². The molecule has 6 heteroatoms. The molecule has 6 nitrogen and oxygen atoms in total. The highest BCUT2D eigenvalue weighted by molar-refractivity contribution is 5.79. The Hall–Kier alpha value is -1.59. The van der Waals surface area contributed by atoms with Crippen molar-refractivity contribution in [2.45, 2.75) is 104 Å². The summed E-state index contributed by atoms with van der Waals surface area (Å²) in [4.78, 5) is 39.2. The first-order valence-electron chi connectivity index (χ1n) is 13.1. The van der Waals surface area contributed by atoms with Crippen LogP contribution in [0.4, 0.5) is 0 Å². The number of nitrogens with zero attached hydrogens (tertiary/aromatic N) is 1. The van der Waals surface area contributed by atoms with E-state index in [1.807, 2.05) is 20.9 Å². The Labute approximate surface area is 199 Å². The van der Waals surface area contributed by atoms with Crippen LogP contribution >= 0.6 is 0 Å². The highest BCUT2D eigenvalue weighted by Gasteiger charge is 2.61. The molecule has 2 amide bonds. The van der Waals surface area contributed by atoms with E-state index in [2.05, 4.69) is 24.1 Å². The fourth-order valence-corrected chi connectivity index (χ4v) is 8.46. The molecule has 1 heterocycles. The van der Waals surface area contributed by atoms with E-state index in [9.17, 15) is 14.4 Å². The maximum Gasteiger partial charge on any atom is 0.311 e. The van der Waals surface area contributed by atoms with Crippen LogP contribution < -0.4 is 5.32 Å². The molecule has 4 rings (SSSR count). The Balaban J connectivity index is 1.42. The summed E-state index contributed by atoms with van der Waals surface area (Å²) in [6, 6.07) is 0.609. The zero-order chi connectivity index (χ0) is 24.2. The number of amides is 2. The maximum absolute atomic E-state index is 12.9. The predicted octanol–water partition coefficient (Wildman–Crippen LogP) is 4.31. The summed E-state index contributed by atoms with van der Waals surface area (Å²) < 4.78 is 4.88. The third kappa shape index (κ3) is 3.99.